The van der Waals surface area contributed by atoms with Gasteiger partial charge in [0, 0.05) is 31.0 Å². The van der Waals surface area contributed by atoms with Gasteiger partial charge in [-0.15, -0.1) is 0 Å². The number of allylic oxidation sites excluding steroid dienone is 4. The first-order valence-corrected chi connectivity index (χ1v) is 17.6. The Kier molecular flexibility index (Phi) is 13.9. The maximum Gasteiger partial charge on any atom is 0.119 e. The molecule has 0 saturated carbocycles. The van der Waals surface area contributed by atoms with Crippen LogP contribution in [-0.4, -0.2) is 47.6 Å². The topological polar surface area (TPSA) is 19.0 Å². The maximum absolute atomic E-state index is 6.06. The molecule has 240 valence electrons. The normalized spacial score (nSPS) is 16.1. The van der Waals surface area contributed by atoms with Crippen molar-refractivity contribution >= 4 is 5.70 Å². The van der Waals surface area contributed by atoms with Crippen molar-refractivity contribution in [3.63, 3.8) is 0 Å². The van der Waals surface area contributed by atoms with Gasteiger partial charge in [-0.3, -0.25) is 4.90 Å². The predicted molar refractivity (Wildman–Crippen MR) is 188 cm³/mol. The van der Waals surface area contributed by atoms with Crippen LogP contribution in [-0.2, 0) is 13.1 Å². The molecule has 0 unspecified atom stereocenters. The Morgan fingerprint density at radius 2 is 1.64 bits per heavy atom. The number of benzene rings is 2. The van der Waals surface area contributed by atoms with Gasteiger partial charge in [0.2, 0.25) is 0 Å². The summed E-state index contributed by atoms with van der Waals surface area (Å²) in [4.78, 5) is 7.93. The van der Waals surface area contributed by atoms with E-state index in [1.807, 2.05) is 0 Å². The molecule has 1 aliphatic carbocycles. The second kappa shape index (κ2) is 18.1. The number of hydrogen-bond donors (Lipinski definition) is 0. The van der Waals surface area contributed by atoms with Gasteiger partial charge in [0.05, 0.1) is 13.3 Å². The zero-order valence-corrected chi connectivity index (χ0v) is 28.5. The summed E-state index contributed by atoms with van der Waals surface area (Å²) in [5, 5.41) is 0. The predicted octanol–water partition coefficient (Wildman–Crippen LogP) is 10.0. The number of likely N-dealkylation sites (tertiary alicyclic amines) is 1. The lowest BCUT2D eigenvalue weighted by Crippen LogP contribution is -2.39. The SMILES string of the molecule is CC/C=C(/c1ccc(OCCCCC)cc1)N(CC(C)C)CN(Cc1ccccc1CN1CCCCC1)C1=CCCC=C1C. The van der Waals surface area contributed by atoms with Crippen molar-refractivity contribution in [1.29, 1.82) is 0 Å². The molecular formula is C40H59N3O. The Hall–Kier alpha value is -2.98. The molecule has 1 saturated heterocycles. The molecule has 0 N–H and O–H groups in total. The summed E-state index contributed by atoms with van der Waals surface area (Å²) in [5.74, 6) is 1.51. The number of nitrogens with zero attached hydrogens (tertiary/aromatic N) is 3. The first-order valence-electron chi connectivity index (χ1n) is 17.6. The summed E-state index contributed by atoms with van der Waals surface area (Å²) in [7, 11) is 0. The molecule has 0 atom stereocenters. The van der Waals surface area contributed by atoms with E-state index in [4.69, 9.17) is 4.74 Å². The van der Waals surface area contributed by atoms with Crippen LogP contribution >= 0.6 is 0 Å². The molecule has 1 fully saturated rings. The lowest BCUT2D eigenvalue weighted by atomic mass is 10.0. The smallest absolute Gasteiger partial charge is 0.119 e. The number of rotatable bonds is 17. The summed E-state index contributed by atoms with van der Waals surface area (Å²) in [6.45, 7) is 18.5. The molecule has 44 heavy (non-hydrogen) atoms. The Labute approximate surface area is 269 Å². The highest BCUT2D eigenvalue weighted by Crippen LogP contribution is 2.30. The number of unbranched alkanes of at least 4 members (excludes halogenated alkanes) is 2. The van der Waals surface area contributed by atoms with Crippen LogP contribution in [0.4, 0.5) is 0 Å². The summed E-state index contributed by atoms with van der Waals surface area (Å²) in [6.07, 6.45) is 18.1. The van der Waals surface area contributed by atoms with Crippen molar-refractivity contribution in [2.24, 2.45) is 5.92 Å². The van der Waals surface area contributed by atoms with Crippen LogP contribution in [0.1, 0.15) is 109 Å². The molecule has 0 spiro atoms. The van der Waals surface area contributed by atoms with Crippen molar-refractivity contribution in [2.45, 2.75) is 105 Å². The summed E-state index contributed by atoms with van der Waals surface area (Å²) in [5.41, 5.74) is 8.32. The zero-order chi connectivity index (χ0) is 31.1. The van der Waals surface area contributed by atoms with E-state index in [0.717, 1.165) is 64.3 Å². The maximum atomic E-state index is 6.06. The van der Waals surface area contributed by atoms with Gasteiger partial charge < -0.3 is 14.5 Å². The van der Waals surface area contributed by atoms with E-state index in [9.17, 15) is 0 Å². The van der Waals surface area contributed by atoms with E-state index in [1.165, 1.54) is 78.9 Å². The third kappa shape index (κ3) is 10.3. The fourth-order valence-corrected chi connectivity index (χ4v) is 6.57. The van der Waals surface area contributed by atoms with Gasteiger partial charge in [-0.2, -0.15) is 0 Å². The Balaban J connectivity index is 1.61. The number of piperidine rings is 1. The highest BCUT2D eigenvalue weighted by molar-refractivity contribution is 5.64. The van der Waals surface area contributed by atoms with E-state index in [0.29, 0.717) is 5.92 Å². The molecule has 4 rings (SSSR count). The first kappa shape index (κ1) is 33.9. The van der Waals surface area contributed by atoms with Gasteiger partial charge in [-0.1, -0.05) is 89.5 Å². The van der Waals surface area contributed by atoms with Gasteiger partial charge in [0.1, 0.15) is 5.75 Å². The van der Waals surface area contributed by atoms with Crippen molar-refractivity contribution < 1.29 is 4.74 Å². The van der Waals surface area contributed by atoms with E-state index >= 15 is 0 Å². The highest BCUT2D eigenvalue weighted by atomic mass is 16.5. The molecule has 2 aromatic rings. The van der Waals surface area contributed by atoms with E-state index in [1.54, 1.807) is 0 Å². The van der Waals surface area contributed by atoms with Crippen LogP contribution in [0, 0.1) is 5.92 Å². The number of hydrogen-bond acceptors (Lipinski definition) is 4. The third-order valence-corrected chi connectivity index (χ3v) is 8.85. The van der Waals surface area contributed by atoms with E-state index in [2.05, 4.69) is 116 Å². The minimum Gasteiger partial charge on any atom is -0.494 e. The Bertz CT molecular complexity index is 1220. The molecule has 0 radical (unpaired) electrons. The quantitative estimate of drug-likeness (QED) is 0.133. The molecular weight excluding hydrogens is 538 g/mol. The van der Waals surface area contributed by atoms with Crippen LogP contribution in [0.2, 0.25) is 0 Å². The molecule has 2 aliphatic rings. The zero-order valence-electron chi connectivity index (χ0n) is 28.5. The molecule has 1 heterocycles. The van der Waals surface area contributed by atoms with Crippen molar-refractivity contribution in [3.05, 3.63) is 94.7 Å². The standard InChI is InChI=1S/C40H59N3O/c1-6-8-16-28-44-38-24-22-35(23-25-38)40(17-7-2)42(29-33(3)4)32-43(39-21-13-10-18-34(39)5)31-37-20-12-11-19-36(37)30-41-26-14-9-15-27-41/h11-12,17-25,33H,6-10,13-16,26-32H2,1-5H3/b40-17-. The first-order chi connectivity index (χ1) is 21.5. The van der Waals surface area contributed by atoms with Gasteiger partial charge in [0.15, 0.2) is 0 Å². The lowest BCUT2D eigenvalue weighted by Gasteiger charge is -2.39. The molecule has 1 aliphatic heterocycles. The Morgan fingerprint density at radius 3 is 2.32 bits per heavy atom. The van der Waals surface area contributed by atoms with Crippen LogP contribution in [0.3, 0.4) is 0 Å². The van der Waals surface area contributed by atoms with E-state index in [-0.39, 0.29) is 0 Å². The van der Waals surface area contributed by atoms with Gasteiger partial charge >= 0.3 is 0 Å². The fourth-order valence-electron chi connectivity index (χ4n) is 6.57. The van der Waals surface area contributed by atoms with Gasteiger partial charge in [0.25, 0.3) is 0 Å². The number of ether oxygens (including phenoxy) is 1. The molecule has 0 amide bonds. The average molecular weight is 598 g/mol. The minimum atomic E-state index is 0.543. The van der Waals surface area contributed by atoms with Crippen molar-refractivity contribution in [3.8, 4) is 5.75 Å². The largest absolute Gasteiger partial charge is 0.494 e. The van der Waals surface area contributed by atoms with Crippen LogP contribution in [0.5, 0.6) is 5.75 Å². The van der Waals surface area contributed by atoms with E-state index < -0.39 is 0 Å². The van der Waals surface area contributed by atoms with Crippen LogP contribution in [0.25, 0.3) is 5.70 Å². The van der Waals surface area contributed by atoms with Crippen LogP contribution in [0.15, 0.2) is 78.0 Å². The van der Waals surface area contributed by atoms with Crippen LogP contribution < -0.4 is 4.74 Å². The van der Waals surface area contributed by atoms with Crippen molar-refractivity contribution in [1.82, 2.24) is 14.7 Å². The minimum absolute atomic E-state index is 0.543. The molecule has 2 aromatic carbocycles. The fraction of sp³-hybridized carbons (Fsp3) is 0.550. The average Bonchev–Trinajstić information content (AvgIpc) is 3.03. The lowest BCUT2D eigenvalue weighted by molar-refractivity contribution is 0.198. The van der Waals surface area contributed by atoms with Crippen molar-refractivity contribution in [2.75, 3.05) is 32.9 Å². The summed E-state index contributed by atoms with van der Waals surface area (Å²) >= 11 is 0. The third-order valence-electron chi connectivity index (χ3n) is 8.85. The molecule has 0 aromatic heterocycles. The monoisotopic (exact) mass is 597 g/mol. The summed E-state index contributed by atoms with van der Waals surface area (Å²) in [6, 6.07) is 18.0. The Morgan fingerprint density at radius 1 is 0.909 bits per heavy atom. The highest BCUT2D eigenvalue weighted by Gasteiger charge is 2.22. The molecule has 0 bridgehead atoms. The second-order valence-electron chi connectivity index (χ2n) is 13.2. The van der Waals surface area contributed by atoms with Gasteiger partial charge in [-0.05, 0) is 111 Å². The second-order valence-corrected chi connectivity index (χ2v) is 13.2. The molecule has 4 heteroatoms. The molecule has 4 nitrogen and oxygen atoms in total. The summed E-state index contributed by atoms with van der Waals surface area (Å²) < 4.78 is 6.06. The van der Waals surface area contributed by atoms with Gasteiger partial charge in [-0.25, -0.2) is 0 Å².